The zero-order valence-corrected chi connectivity index (χ0v) is 9.85. The Labute approximate surface area is 101 Å². The smallest absolute Gasteiger partial charge is 0.332 e. The maximum Gasteiger partial charge on any atom is 0.332 e. The lowest BCUT2D eigenvalue weighted by Crippen LogP contribution is -2.30. The molecule has 0 aliphatic carbocycles. The van der Waals surface area contributed by atoms with Crippen LogP contribution in [0.25, 0.3) is 0 Å². The Hall–Kier alpha value is -1.61. The first kappa shape index (κ1) is 11.9. The minimum Gasteiger partial charge on any atom is -0.478 e. The fourth-order valence-electron chi connectivity index (χ4n) is 2.21. The highest BCUT2D eigenvalue weighted by Crippen LogP contribution is 2.15. The van der Waals surface area contributed by atoms with E-state index in [2.05, 4.69) is 35.7 Å². The average molecular weight is 231 g/mol. The Morgan fingerprint density at radius 3 is 2.24 bits per heavy atom. The van der Waals surface area contributed by atoms with Crippen molar-refractivity contribution in [2.24, 2.45) is 0 Å². The van der Waals surface area contributed by atoms with Crippen molar-refractivity contribution in [2.75, 3.05) is 19.6 Å². The van der Waals surface area contributed by atoms with Crippen molar-refractivity contribution >= 4 is 5.97 Å². The SMILES string of the molecule is C=C(CN1CCc2ccccc2CC1)C(=O)O. The highest BCUT2D eigenvalue weighted by Gasteiger charge is 2.15. The van der Waals surface area contributed by atoms with Gasteiger partial charge in [0.1, 0.15) is 0 Å². The summed E-state index contributed by atoms with van der Waals surface area (Å²) in [6.07, 6.45) is 1.98. The molecule has 0 fully saturated rings. The van der Waals surface area contributed by atoms with E-state index < -0.39 is 5.97 Å². The van der Waals surface area contributed by atoms with Gasteiger partial charge < -0.3 is 5.11 Å². The lowest BCUT2D eigenvalue weighted by Gasteiger charge is -2.19. The fourth-order valence-corrected chi connectivity index (χ4v) is 2.21. The number of aliphatic carboxylic acids is 1. The van der Waals surface area contributed by atoms with Gasteiger partial charge in [0.15, 0.2) is 0 Å². The van der Waals surface area contributed by atoms with E-state index in [0.717, 1.165) is 25.9 Å². The van der Waals surface area contributed by atoms with Crippen LogP contribution in [0.1, 0.15) is 11.1 Å². The van der Waals surface area contributed by atoms with Crippen molar-refractivity contribution in [3.05, 3.63) is 47.5 Å². The van der Waals surface area contributed by atoms with Crippen LogP contribution in [0.4, 0.5) is 0 Å². The number of benzene rings is 1. The summed E-state index contributed by atoms with van der Waals surface area (Å²) in [5, 5.41) is 8.83. The van der Waals surface area contributed by atoms with Crippen LogP contribution < -0.4 is 0 Å². The summed E-state index contributed by atoms with van der Waals surface area (Å²) in [6, 6.07) is 8.44. The first-order chi connectivity index (χ1) is 8.16. The Morgan fingerprint density at radius 2 is 1.76 bits per heavy atom. The molecular formula is C14H17NO2. The first-order valence-electron chi connectivity index (χ1n) is 5.87. The van der Waals surface area contributed by atoms with Gasteiger partial charge in [0, 0.05) is 25.2 Å². The minimum absolute atomic E-state index is 0.274. The molecule has 0 atom stereocenters. The molecule has 0 amide bonds. The summed E-state index contributed by atoms with van der Waals surface area (Å²) in [5.41, 5.74) is 3.04. The molecule has 1 aliphatic heterocycles. The summed E-state index contributed by atoms with van der Waals surface area (Å²) in [6.45, 7) is 5.86. The number of carboxylic acid groups (broad SMARTS) is 1. The first-order valence-corrected chi connectivity index (χ1v) is 5.87. The van der Waals surface area contributed by atoms with E-state index in [1.807, 2.05) is 0 Å². The lowest BCUT2D eigenvalue weighted by atomic mass is 10.0. The number of carbonyl (C=O) groups is 1. The van der Waals surface area contributed by atoms with Crippen LogP contribution in [-0.2, 0) is 17.6 Å². The zero-order valence-electron chi connectivity index (χ0n) is 9.85. The van der Waals surface area contributed by atoms with Crippen molar-refractivity contribution in [1.29, 1.82) is 0 Å². The summed E-state index contributed by atoms with van der Waals surface area (Å²) >= 11 is 0. The molecule has 3 heteroatoms. The van der Waals surface area contributed by atoms with E-state index in [-0.39, 0.29) is 5.57 Å². The van der Waals surface area contributed by atoms with Crippen LogP contribution in [0.5, 0.6) is 0 Å². The molecule has 0 aromatic heterocycles. The Kier molecular flexibility index (Phi) is 3.59. The van der Waals surface area contributed by atoms with Gasteiger partial charge in [0.2, 0.25) is 0 Å². The molecule has 1 aliphatic rings. The van der Waals surface area contributed by atoms with Crippen LogP contribution in [-0.4, -0.2) is 35.6 Å². The second-order valence-electron chi connectivity index (χ2n) is 4.45. The number of carboxylic acids is 1. The van der Waals surface area contributed by atoms with Crippen molar-refractivity contribution in [1.82, 2.24) is 4.90 Å². The fraction of sp³-hybridized carbons (Fsp3) is 0.357. The summed E-state index contributed by atoms with van der Waals surface area (Å²) < 4.78 is 0. The number of nitrogens with zero attached hydrogens (tertiary/aromatic N) is 1. The van der Waals surface area contributed by atoms with Gasteiger partial charge in [0.25, 0.3) is 0 Å². The summed E-state index contributed by atoms with van der Waals surface area (Å²) in [5.74, 6) is -0.897. The van der Waals surface area contributed by atoms with Crippen molar-refractivity contribution < 1.29 is 9.90 Å². The quantitative estimate of drug-likeness (QED) is 0.805. The Balaban J connectivity index is 2.00. The van der Waals surface area contributed by atoms with Gasteiger partial charge in [-0.1, -0.05) is 30.8 Å². The number of hydrogen-bond acceptors (Lipinski definition) is 2. The molecule has 2 rings (SSSR count). The predicted molar refractivity (Wildman–Crippen MR) is 67.1 cm³/mol. The topological polar surface area (TPSA) is 40.5 Å². The van der Waals surface area contributed by atoms with Gasteiger partial charge in [-0.15, -0.1) is 0 Å². The van der Waals surface area contributed by atoms with Gasteiger partial charge in [-0.2, -0.15) is 0 Å². The van der Waals surface area contributed by atoms with Gasteiger partial charge in [-0.3, -0.25) is 4.90 Å². The Bertz CT molecular complexity index is 413. The van der Waals surface area contributed by atoms with E-state index in [1.165, 1.54) is 11.1 Å². The minimum atomic E-state index is -0.897. The summed E-state index contributed by atoms with van der Waals surface area (Å²) in [7, 11) is 0. The molecular weight excluding hydrogens is 214 g/mol. The van der Waals surface area contributed by atoms with Crippen molar-refractivity contribution in [2.45, 2.75) is 12.8 Å². The second-order valence-corrected chi connectivity index (χ2v) is 4.45. The van der Waals surface area contributed by atoms with Gasteiger partial charge >= 0.3 is 5.97 Å². The predicted octanol–water partition coefficient (Wildman–Crippen LogP) is 1.73. The molecule has 0 saturated heterocycles. The molecule has 0 unspecified atom stereocenters. The van der Waals surface area contributed by atoms with Crippen molar-refractivity contribution in [3.63, 3.8) is 0 Å². The molecule has 1 aromatic rings. The van der Waals surface area contributed by atoms with E-state index in [9.17, 15) is 4.79 Å². The van der Waals surface area contributed by atoms with Gasteiger partial charge in [0.05, 0.1) is 0 Å². The third-order valence-corrected chi connectivity index (χ3v) is 3.23. The summed E-state index contributed by atoms with van der Waals surface area (Å²) in [4.78, 5) is 12.9. The highest BCUT2D eigenvalue weighted by molar-refractivity contribution is 5.86. The number of hydrogen-bond donors (Lipinski definition) is 1. The van der Waals surface area contributed by atoms with E-state index >= 15 is 0 Å². The normalized spacial score (nSPS) is 16.0. The van der Waals surface area contributed by atoms with Crippen molar-refractivity contribution in [3.8, 4) is 0 Å². The lowest BCUT2D eigenvalue weighted by molar-refractivity contribution is -0.132. The van der Waals surface area contributed by atoms with Gasteiger partial charge in [-0.05, 0) is 24.0 Å². The monoisotopic (exact) mass is 231 g/mol. The van der Waals surface area contributed by atoms with Crippen LogP contribution in [0.3, 0.4) is 0 Å². The maximum absolute atomic E-state index is 10.8. The molecule has 0 spiro atoms. The van der Waals surface area contributed by atoms with Crippen LogP contribution in [0.2, 0.25) is 0 Å². The molecule has 0 bridgehead atoms. The number of rotatable bonds is 3. The molecule has 1 N–H and O–H groups in total. The largest absolute Gasteiger partial charge is 0.478 e. The average Bonchev–Trinajstić information content (AvgIpc) is 2.52. The third-order valence-electron chi connectivity index (χ3n) is 3.23. The van der Waals surface area contributed by atoms with Gasteiger partial charge in [-0.25, -0.2) is 4.79 Å². The molecule has 0 radical (unpaired) electrons. The van der Waals surface area contributed by atoms with Crippen LogP contribution in [0.15, 0.2) is 36.4 Å². The second kappa shape index (κ2) is 5.15. The third kappa shape index (κ3) is 2.94. The molecule has 3 nitrogen and oxygen atoms in total. The standard InChI is InChI=1S/C14H17NO2/c1-11(14(16)17)10-15-8-6-12-4-2-3-5-13(12)7-9-15/h2-5H,1,6-10H2,(H,16,17). The van der Waals surface area contributed by atoms with E-state index in [4.69, 9.17) is 5.11 Å². The zero-order chi connectivity index (χ0) is 12.3. The molecule has 1 heterocycles. The van der Waals surface area contributed by atoms with E-state index in [0.29, 0.717) is 6.54 Å². The molecule has 0 saturated carbocycles. The van der Waals surface area contributed by atoms with Crippen LogP contribution in [0, 0.1) is 0 Å². The molecule has 17 heavy (non-hydrogen) atoms. The Morgan fingerprint density at radius 1 is 1.24 bits per heavy atom. The molecule has 90 valence electrons. The molecule has 1 aromatic carbocycles. The maximum atomic E-state index is 10.8. The van der Waals surface area contributed by atoms with E-state index in [1.54, 1.807) is 0 Å². The number of fused-ring (bicyclic) bond motifs is 1. The highest BCUT2D eigenvalue weighted by atomic mass is 16.4. The van der Waals surface area contributed by atoms with Crippen LogP contribution >= 0.6 is 0 Å².